The molecule has 1 saturated carbocycles. The van der Waals surface area contributed by atoms with Gasteiger partial charge in [-0.3, -0.25) is 13.9 Å². The monoisotopic (exact) mass is 629 g/mol. The lowest BCUT2D eigenvalue weighted by Crippen LogP contribution is -2.53. The average Bonchev–Trinajstić information content (AvgIpc) is 2.97. The molecule has 3 aromatic rings. The number of sulfonamides is 1. The molecule has 1 N–H and O–H groups in total. The minimum atomic E-state index is -4.20. The summed E-state index contributed by atoms with van der Waals surface area (Å²) in [6.45, 7) is 5.09. The molecule has 3 aromatic carbocycles. The highest BCUT2D eigenvalue weighted by Gasteiger charge is 2.33. The molecule has 0 bridgehead atoms. The molecule has 0 aliphatic heterocycles. The summed E-state index contributed by atoms with van der Waals surface area (Å²) in [6.07, 6.45) is 5.08. The number of hydrogen-bond donors (Lipinski definition) is 1. The molecule has 1 unspecified atom stereocenters. The molecule has 10 heteroatoms. The van der Waals surface area contributed by atoms with E-state index in [0.717, 1.165) is 53.1 Å². The van der Waals surface area contributed by atoms with E-state index in [1.54, 1.807) is 19.1 Å². The van der Waals surface area contributed by atoms with Crippen molar-refractivity contribution in [2.24, 2.45) is 0 Å². The molecule has 0 aromatic heterocycles. The highest BCUT2D eigenvalue weighted by molar-refractivity contribution is 7.92. The van der Waals surface area contributed by atoms with Gasteiger partial charge in [0.2, 0.25) is 11.8 Å². The molecule has 0 radical (unpaired) electrons. The van der Waals surface area contributed by atoms with Crippen LogP contribution in [-0.4, -0.2) is 43.8 Å². The Kier molecular flexibility index (Phi) is 10.6. The lowest BCUT2D eigenvalue weighted by atomic mass is 9.95. The van der Waals surface area contributed by atoms with Crippen LogP contribution in [0.2, 0.25) is 10.0 Å². The van der Waals surface area contributed by atoms with Crippen LogP contribution in [0.4, 0.5) is 5.69 Å². The van der Waals surface area contributed by atoms with E-state index in [9.17, 15) is 18.0 Å². The van der Waals surface area contributed by atoms with E-state index in [0.29, 0.717) is 0 Å². The summed E-state index contributed by atoms with van der Waals surface area (Å²) < 4.78 is 29.0. The van der Waals surface area contributed by atoms with Gasteiger partial charge in [0.1, 0.15) is 12.6 Å². The lowest BCUT2D eigenvalue weighted by molar-refractivity contribution is -0.139. The van der Waals surface area contributed by atoms with Gasteiger partial charge in [-0.15, -0.1) is 0 Å². The average molecular weight is 631 g/mol. The maximum atomic E-state index is 14.1. The lowest BCUT2D eigenvalue weighted by Gasteiger charge is -2.33. The number of aryl methyl sites for hydroxylation is 2. The van der Waals surface area contributed by atoms with Crippen LogP contribution in [0, 0.1) is 13.8 Å². The van der Waals surface area contributed by atoms with Crippen molar-refractivity contribution in [3.63, 3.8) is 0 Å². The van der Waals surface area contributed by atoms with Crippen LogP contribution >= 0.6 is 23.2 Å². The van der Waals surface area contributed by atoms with Crippen molar-refractivity contribution in [2.45, 2.75) is 76.4 Å². The maximum Gasteiger partial charge on any atom is 0.264 e. The van der Waals surface area contributed by atoms with Gasteiger partial charge in [0.25, 0.3) is 10.0 Å². The maximum absolute atomic E-state index is 14.1. The standard InChI is InChI=1S/C32H37Cl2N3O4S/c1-22-13-16-28(17-14-22)42(40,41)37(27-15-18-29(33)30(34)19-27)21-31(38)36(20-25-10-8-7-9-23(25)2)24(3)32(39)35-26-11-5-4-6-12-26/h7-10,13-19,24,26H,4-6,11-12,20-21H2,1-3H3,(H,35,39). The molecule has 0 saturated heterocycles. The van der Waals surface area contributed by atoms with Gasteiger partial charge in [-0.25, -0.2) is 8.42 Å². The van der Waals surface area contributed by atoms with Crippen LogP contribution in [0.5, 0.6) is 0 Å². The third-order valence-electron chi connectivity index (χ3n) is 7.80. The van der Waals surface area contributed by atoms with Crippen molar-refractivity contribution in [3.05, 3.63) is 93.5 Å². The molecule has 7 nitrogen and oxygen atoms in total. The second-order valence-corrected chi connectivity index (χ2v) is 13.6. The molecular formula is C32H37Cl2N3O4S. The summed E-state index contributed by atoms with van der Waals surface area (Å²) in [5, 5.41) is 3.53. The number of anilines is 1. The highest BCUT2D eigenvalue weighted by Crippen LogP contribution is 2.31. The number of rotatable bonds is 10. The van der Waals surface area contributed by atoms with Crippen LogP contribution < -0.4 is 9.62 Å². The highest BCUT2D eigenvalue weighted by atomic mass is 35.5. The van der Waals surface area contributed by atoms with Crippen molar-refractivity contribution >= 4 is 50.7 Å². The van der Waals surface area contributed by atoms with Gasteiger partial charge in [-0.2, -0.15) is 0 Å². The first-order valence-corrected chi connectivity index (χ1v) is 16.4. The molecule has 1 atom stereocenters. The summed E-state index contributed by atoms with van der Waals surface area (Å²) in [5.41, 5.74) is 2.91. The van der Waals surface area contributed by atoms with E-state index in [2.05, 4.69) is 5.32 Å². The molecule has 2 amide bonds. The second-order valence-electron chi connectivity index (χ2n) is 10.9. The topological polar surface area (TPSA) is 86.8 Å². The minimum absolute atomic E-state index is 0.0283. The number of nitrogens with zero attached hydrogens (tertiary/aromatic N) is 2. The molecule has 1 aliphatic rings. The Balaban J connectivity index is 1.70. The zero-order valence-electron chi connectivity index (χ0n) is 24.1. The Morgan fingerprint density at radius 2 is 1.60 bits per heavy atom. The molecular weight excluding hydrogens is 593 g/mol. The quantitative estimate of drug-likeness (QED) is 0.271. The zero-order valence-corrected chi connectivity index (χ0v) is 26.5. The molecule has 1 fully saturated rings. The van der Waals surface area contributed by atoms with Crippen molar-refractivity contribution in [1.29, 1.82) is 0 Å². The SMILES string of the molecule is Cc1ccc(S(=O)(=O)N(CC(=O)N(Cc2ccccc2C)C(C)C(=O)NC2CCCCC2)c2ccc(Cl)c(Cl)c2)cc1. The van der Waals surface area contributed by atoms with Crippen LogP contribution in [0.1, 0.15) is 55.7 Å². The third kappa shape index (κ3) is 7.65. The number of halogens is 2. The predicted molar refractivity (Wildman–Crippen MR) is 168 cm³/mol. The summed E-state index contributed by atoms with van der Waals surface area (Å²) in [5.74, 6) is -0.780. The smallest absolute Gasteiger partial charge is 0.264 e. The number of nitrogens with one attached hydrogen (secondary N) is 1. The first-order chi connectivity index (χ1) is 20.0. The summed E-state index contributed by atoms with van der Waals surface area (Å²) >= 11 is 12.4. The van der Waals surface area contributed by atoms with Crippen molar-refractivity contribution in [2.75, 3.05) is 10.8 Å². The van der Waals surface area contributed by atoms with E-state index in [1.807, 2.05) is 38.1 Å². The van der Waals surface area contributed by atoms with E-state index in [-0.39, 0.29) is 39.1 Å². The number of carbonyl (C=O) groups excluding carboxylic acids is 2. The predicted octanol–water partition coefficient (Wildman–Crippen LogP) is 6.67. The van der Waals surface area contributed by atoms with Gasteiger partial charge < -0.3 is 10.2 Å². The number of carbonyl (C=O) groups is 2. The fourth-order valence-electron chi connectivity index (χ4n) is 5.13. The Morgan fingerprint density at radius 3 is 2.24 bits per heavy atom. The van der Waals surface area contributed by atoms with Gasteiger partial charge in [-0.05, 0) is 75.1 Å². The zero-order chi connectivity index (χ0) is 30.4. The summed E-state index contributed by atoms with van der Waals surface area (Å²) in [4.78, 5) is 29.1. The fourth-order valence-corrected chi connectivity index (χ4v) is 6.83. The Morgan fingerprint density at radius 1 is 0.929 bits per heavy atom. The van der Waals surface area contributed by atoms with Crippen molar-refractivity contribution in [3.8, 4) is 0 Å². The largest absolute Gasteiger partial charge is 0.352 e. The molecule has 1 aliphatic carbocycles. The van der Waals surface area contributed by atoms with Crippen LogP contribution in [0.3, 0.4) is 0 Å². The molecule has 224 valence electrons. The molecule has 4 rings (SSSR count). The molecule has 0 heterocycles. The third-order valence-corrected chi connectivity index (χ3v) is 10.3. The first-order valence-electron chi connectivity index (χ1n) is 14.2. The Bertz CT molecular complexity index is 1520. The normalized spacial score (nSPS) is 14.7. The number of amides is 2. The van der Waals surface area contributed by atoms with Gasteiger partial charge >= 0.3 is 0 Å². The minimum Gasteiger partial charge on any atom is -0.352 e. The van der Waals surface area contributed by atoms with Gasteiger partial charge in [-0.1, -0.05) is 84.4 Å². The fraction of sp³-hybridized carbons (Fsp3) is 0.375. The number of hydrogen-bond acceptors (Lipinski definition) is 4. The number of benzene rings is 3. The summed E-state index contributed by atoms with van der Waals surface area (Å²) in [7, 11) is -4.20. The van der Waals surface area contributed by atoms with Crippen LogP contribution in [-0.2, 0) is 26.2 Å². The van der Waals surface area contributed by atoms with E-state index < -0.39 is 28.5 Å². The Labute approximate surface area is 258 Å². The van der Waals surface area contributed by atoms with Gasteiger partial charge in [0.15, 0.2) is 0 Å². The van der Waals surface area contributed by atoms with E-state index in [4.69, 9.17) is 23.2 Å². The molecule has 42 heavy (non-hydrogen) atoms. The first kappa shape index (κ1) is 31.9. The van der Waals surface area contributed by atoms with E-state index in [1.165, 1.54) is 35.2 Å². The summed E-state index contributed by atoms with van der Waals surface area (Å²) in [6, 6.07) is 17.7. The van der Waals surface area contributed by atoms with E-state index >= 15 is 0 Å². The van der Waals surface area contributed by atoms with Crippen molar-refractivity contribution in [1.82, 2.24) is 10.2 Å². The van der Waals surface area contributed by atoms with Crippen molar-refractivity contribution < 1.29 is 18.0 Å². The van der Waals surface area contributed by atoms with Gasteiger partial charge in [0.05, 0.1) is 20.6 Å². The Hall–Kier alpha value is -3.07. The molecule has 0 spiro atoms. The van der Waals surface area contributed by atoms with Crippen LogP contribution in [0.25, 0.3) is 0 Å². The van der Waals surface area contributed by atoms with Gasteiger partial charge in [0, 0.05) is 12.6 Å². The van der Waals surface area contributed by atoms with Crippen LogP contribution in [0.15, 0.2) is 71.6 Å². The second kappa shape index (κ2) is 13.9.